The van der Waals surface area contributed by atoms with E-state index in [9.17, 15) is 0 Å². The van der Waals surface area contributed by atoms with Gasteiger partial charge in [0.2, 0.25) is 5.13 Å². The molecule has 0 aliphatic heterocycles. The van der Waals surface area contributed by atoms with Crippen LogP contribution in [0.1, 0.15) is 51.8 Å². The highest BCUT2D eigenvalue weighted by Gasteiger charge is 2.06. The summed E-state index contributed by atoms with van der Waals surface area (Å²) in [7, 11) is 0. The molecule has 0 fully saturated rings. The molecule has 0 aliphatic carbocycles. The van der Waals surface area contributed by atoms with Crippen LogP contribution in [0.4, 0.5) is 5.13 Å². The minimum Gasteiger partial charge on any atom is -0.381 e. The fraction of sp³-hybridized carbons (Fsp3) is 0.833. The first-order chi connectivity index (χ1) is 8.24. The summed E-state index contributed by atoms with van der Waals surface area (Å²) >= 11 is 1.44. The van der Waals surface area contributed by atoms with Gasteiger partial charge in [-0.3, -0.25) is 0 Å². The van der Waals surface area contributed by atoms with Crippen molar-refractivity contribution in [2.45, 2.75) is 46.0 Å². The predicted molar refractivity (Wildman–Crippen MR) is 72.8 cm³/mol. The van der Waals surface area contributed by atoms with Crippen molar-refractivity contribution in [1.82, 2.24) is 9.36 Å². The van der Waals surface area contributed by atoms with Crippen molar-refractivity contribution in [3.63, 3.8) is 0 Å². The lowest BCUT2D eigenvalue weighted by atomic mass is 10.2. The van der Waals surface area contributed by atoms with Gasteiger partial charge in [-0.15, -0.1) is 0 Å². The average Bonchev–Trinajstić information content (AvgIpc) is 2.77. The molecule has 1 rings (SSSR count). The maximum atomic E-state index is 5.48. The summed E-state index contributed by atoms with van der Waals surface area (Å²) in [6.45, 7) is 8.99. The number of hydrogen-bond acceptors (Lipinski definition) is 5. The molecule has 0 atom stereocenters. The van der Waals surface area contributed by atoms with Crippen LogP contribution in [-0.2, 0) is 4.74 Å². The van der Waals surface area contributed by atoms with Crippen LogP contribution < -0.4 is 5.32 Å². The Hall–Kier alpha value is -0.680. The fourth-order valence-corrected chi connectivity index (χ4v) is 1.99. The topological polar surface area (TPSA) is 47.0 Å². The monoisotopic (exact) mass is 257 g/mol. The molecule has 17 heavy (non-hydrogen) atoms. The normalized spacial score (nSPS) is 11.1. The first-order valence-corrected chi connectivity index (χ1v) is 7.16. The van der Waals surface area contributed by atoms with Crippen LogP contribution in [0.2, 0.25) is 0 Å². The van der Waals surface area contributed by atoms with Crippen LogP contribution in [0, 0.1) is 0 Å². The van der Waals surface area contributed by atoms with E-state index in [2.05, 4.69) is 35.4 Å². The number of aromatic nitrogens is 2. The van der Waals surface area contributed by atoms with E-state index >= 15 is 0 Å². The molecule has 1 aromatic rings. The number of ether oxygens (including phenoxy) is 1. The van der Waals surface area contributed by atoms with Crippen LogP contribution in [0.5, 0.6) is 0 Å². The van der Waals surface area contributed by atoms with Crippen LogP contribution >= 0.6 is 11.5 Å². The summed E-state index contributed by atoms with van der Waals surface area (Å²) in [6, 6.07) is 0. The summed E-state index contributed by atoms with van der Waals surface area (Å²) in [4.78, 5) is 4.41. The van der Waals surface area contributed by atoms with Crippen molar-refractivity contribution in [2.24, 2.45) is 0 Å². The Balaban J connectivity index is 2.05. The lowest BCUT2D eigenvalue weighted by molar-refractivity contribution is 0.131. The minimum atomic E-state index is 0.402. The summed E-state index contributed by atoms with van der Waals surface area (Å²) in [5, 5.41) is 4.19. The van der Waals surface area contributed by atoms with Gasteiger partial charge < -0.3 is 10.1 Å². The number of nitrogens with one attached hydrogen (secondary N) is 1. The molecule has 0 aromatic carbocycles. The molecule has 1 aromatic heterocycles. The Bertz CT molecular complexity index is 302. The van der Waals surface area contributed by atoms with Crippen molar-refractivity contribution in [1.29, 1.82) is 0 Å². The van der Waals surface area contributed by atoms with E-state index in [1.807, 2.05) is 0 Å². The van der Waals surface area contributed by atoms with Crippen LogP contribution in [-0.4, -0.2) is 29.1 Å². The van der Waals surface area contributed by atoms with Gasteiger partial charge in [0.1, 0.15) is 5.82 Å². The molecule has 0 saturated heterocycles. The number of unbranched alkanes of at least 4 members (excludes halogenated alkanes) is 1. The zero-order valence-electron chi connectivity index (χ0n) is 11.0. The fourth-order valence-electron chi connectivity index (χ4n) is 1.26. The molecule has 1 heterocycles. The first-order valence-electron chi connectivity index (χ1n) is 6.39. The van der Waals surface area contributed by atoms with Crippen molar-refractivity contribution in [2.75, 3.05) is 25.1 Å². The molecular formula is C12H23N3OS. The summed E-state index contributed by atoms with van der Waals surface area (Å²) < 4.78 is 9.77. The molecule has 98 valence electrons. The third-order valence-corrected chi connectivity index (χ3v) is 3.03. The second kappa shape index (κ2) is 8.42. The lowest BCUT2D eigenvalue weighted by Gasteiger charge is -2.03. The van der Waals surface area contributed by atoms with Crippen LogP contribution in [0.25, 0.3) is 0 Å². The zero-order chi connectivity index (χ0) is 12.5. The Morgan fingerprint density at radius 3 is 2.71 bits per heavy atom. The van der Waals surface area contributed by atoms with Crippen molar-refractivity contribution < 1.29 is 4.74 Å². The van der Waals surface area contributed by atoms with Gasteiger partial charge in [0, 0.05) is 37.2 Å². The Labute approximate surface area is 108 Å². The molecule has 0 amide bonds. The van der Waals surface area contributed by atoms with Gasteiger partial charge in [-0.05, 0) is 12.8 Å². The van der Waals surface area contributed by atoms with Gasteiger partial charge in [-0.1, -0.05) is 27.2 Å². The molecule has 0 bridgehead atoms. The van der Waals surface area contributed by atoms with E-state index < -0.39 is 0 Å². The highest BCUT2D eigenvalue weighted by molar-refractivity contribution is 7.09. The van der Waals surface area contributed by atoms with E-state index in [-0.39, 0.29) is 0 Å². The van der Waals surface area contributed by atoms with Crippen LogP contribution in [0.15, 0.2) is 0 Å². The quantitative estimate of drug-likeness (QED) is 0.690. The maximum absolute atomic E-state index is 5.48. The third kappa shape index (κ3) is 5.98. The number of anilines is 1. The Kier molecular flexibility index (Phi) is 7.12. The molecule has 5 heteroatoms. The first kappa shape index (κ1) is 14.4. The van der Waals surface area contributed by atoms with Gasteiger partial charge in [0.25, 0.3) is 0 Å². The van der Waals surface area contributed by atoms with E-state index in [1.165, 1.54) is 18.0 Å². The van der Waals surface area contributed by atoms with Crippen molar-refractivity contribution in [3.8, 4) is 0 Å². The molecule has 0 aliphatic rings. The SMILES string of the molecule is CCCCOCCCNc1nc(C(C)C)ns1. The summed E-state index contributed by atoms with van der Waals surface area (Å²) in [6.07, 6.45) is 3.36. The van der Waals surface area contributed by atoms with Crippen molar-refractivity contribution >= 4 is 16.7 Å². The Morgan fingerprint density at radius 1 is 1.29 bits per heavy atom. The second-order valence-corrected chi connectivity index (χ2v) is 5.11. The van der Waals surface area contributed by atoms with Gasteiger partial charge in [0.15, 0.2) is 0 Å². The summed E-state index contributed by atoms with van der Waals surface area (Å²) in [5.74, 6) is 1.33. The van der Waals surface area contributed by atoms with E-state index in [4.69, 9.17) is 4.74 Å². The largest absolute Gasteiger partial charge is 0.381 e. The Morgan fingerprint density at radius 2 is 2.06 bits per heavy atom. The summed E-state index contributed by atoms with van der Waals surface area (Å²) in [5.41, 5.74) is 0. The number of nitrogens with zero attached hydrogens (tertiary/aromatic N) is 2. The molecule has 0 unspecified atom stereocenters. The molecule has 0 radical (unpaired) electrons. The minimum absolute atomic E-state index is 0.402. The van der Waals surface area contributed by atoms with Gasteiger partial charge in [-0.25, -0.2) is 4.98 Å². The van der Waals surface area contributed by atoms with E-state index in [1.54, 1.807) is 0 Å². The highest BCUT2D eigenvalue weighted by Crippen LogP contribution is 2.16. The number of rotatable bonds is 9. The smallest absolute Gasteiger partial charge is 0.202 e. The molecule has 4 nitrogen and oxygen atoms in total. The van der Waals surface area contributed by atoms with E-state index in [0.717, 1.165) is 43.6 Å². The predicted octanol–water partition coefficient (Wildman–Crippen LogP) is 3.28. The van der Waals surface area contributed by atoms with Gasteiger partial charge >= 0.3 is 0 Å². The zero-order valence-corrected chi connectivity index (χ0v) is 11.8. The number of hydrogen-bond donors (Lipinski definition) is 1. The van der Waals surface area contributed by atoms with Crippen molar-refractivity contribution in [3.05, 3.63) is 5.82 Å². The molecule has 0 spiro atoms. The highest BCUT2D eigenvalue weighted by atomic mass is 32.1. The second-order valence-electron chi connectivity index (χ2n) is 4.36. The maximum Gasteiger partial charge on any atom is 0.202 e. The average molecular weight is 257 g/mol. The molecular weight excluding hydrogens is 234 g/mol. The molecule has 0 saturated carbocycles. The standard InChI is InChI=1S/C12H23N3OS/c1-4-5-8-16-9-6-7-13-12-14-11(10(2)3)15-17-12/h10H,4-9H2,1-3H3,(H,13,14,15). The lowest BCUT2D eigenvalue weighted by Crippen LogP contribution is -2.06. The van der Waals surface area contributed by atoms with Crippen LogP contribution in [0.3, 0.4) is 0 Å². The van der Waals surface area contributed by atoms with Gasteiger partial charge in [0.05, 0.1) is 0 Å². The van der Waals surface area contributed by atoms with E-state index in [0.29, 0.717) is 5.92 Å². The van der Waals surface area contributed by atoms with Gasteiger partial charge in [-0.2, -0.15) is 4.37 Å². The molecule has 1 N–H and O–H groups in total. The third-order valence-electron chi connectivity index (χ3n) is 2.34.